The number of guanidine groups is 1. The fourth-order valence-electron chi connectivity index (χ4n) is 8.00. The van der Waals surface area contributed by atoms with Gasteiger partial charge >= 0.3 is 5.97 Å². The van der Waals surface area contributed by atoms with Gasteiger partial charge in [-0.1, -0.05) is 38.4 Å². The topological polar surface area (TPSA) is 125 Å². The van der Waals surface area contributed by atoms with Gasteiger partial charge in [0.15, 0.2) is 17.3 Å². The quantitative estimate of drug-likeness (QED) is 0.193. The number of carbonyl (C=O) groups excluding carboxylic acids is 3. The van der Waals surface area contributed by atoms with Gasteiger partial charge in [0.05, 0.1) is 0 Å². The van der Waals surface area contributed by atoms with E-state index in [0.717, 1.165) is 37.5 Å². The third-order valence-corrected chi connectivity index (χ3v) is 10.1. The zero-order chi connectivity index (χ0) is 25.1. The summed E-state index contributed by atoms with van der Waals surface area (Å²) in [5, 5.41) is 0.643. The highest BCUT2D eigenvalue weighted by Crippen LogP contribution is 2.71. The summed E-state index contributed by atoms with van der Waals surface area (Å²) in [6, 6.07) is 0. The maximum Gasteiger partial charge on any atom is 0.328 e. The van der Waals surface area contributed by atoms with Crippen molar-refractivity contribution in [3.05, 3.63) is 22.8 Å². The van der Waals surface area contributed by atoms with Crippen LogP contribution in [-0.4, -0.2) is 36.1 Å². The number of hydrogen-bond donors (Lipinski definition) is 2. The molecular formula is C26H36ClN3O4. The van der Waals surface area contributed by atoms with Crippen LogP contribution in [0.1, 0.15) is 59.8 Å². The third kappa shape index (κ3) is 3.53. The fourth-order valence-corrected chi connectivity index (χ4v) is 8.41. The first-order chi connectivity index (χ1) is 15.9. The Labute approximate surface area is 206 Å². The molecule has 0 aromatic carbocycles. The van der Waals surface area contributed by atoms with Crippen LogP contribution in [0.2, 0.25) is 0 Å². The van der Waals surface area contributed by atoms with E-state index >= 15 is 0 Å². The molecule has 7 nitrogen and oxygen atoms in total. The summed E-state index contributed by atoms with van der Waals surface area (Å²) in [4.78, 5) is 41.0. The molecule has 0 amide bonds. The number of halogens is 1. The van der Waals surface area contributed by atoms with Crippen molar-refractivity contribution < 1.29 is 19.1 Å². The zero-order valence-electron chi connectivity index (χ0n) is 20.5. The van der Waals surface area contributed by atoms with Crippen LogP contribution in [0.5, 0.6) is 0 Å². The molecule has 8 heteroatoms. The largest absolute Gasteiger partial charge is 0.449 e. The summed E-state index contributed by atoms with van der Waals surface area (Å²) in [6.07, 6.45) is 8.58. The smallest absolute Gasteiger partial charge is 0.328 e. The molecule has 0 radical (unpaired) electrons. The van der Waals surface area contributed by atoms with E-state index in [1.807, 2.05) is 0 Å². The van der Waals surface area contributed by atoms with Crippen LogP contribution in [0.15, 0.2) is 27.7 Å². The highest BCUT2D eigenvalue weighted by molar-refractivity contribution is 6.32. The Morgan fingerprint density at radius 1 is 1.21 bits per heavy atom. The Morgan fingerprint density at radius 2 is 1.85 bits per heavy atom. The van der Waals surface area contributed by atoms with Crippen LogP contribution in [-0.2, 0) is 19.1 Å². The summed E-state index contributed by atoms with van der Waals surface area (Å²) >= 11 is 6.85. The van der Waals surface area contributed by atoms with E-state index in [1.54, 1.807) is 6.08 Å². The minimum atomic E-state index is -1.21. The molecule has 0 saturated heterocycles. The second-order valence-electron chi connectivity index (χ2n) is 11.2. The highest BCUT2D eigenvalue weighted by atomic mass is 35.5. The average molecular weight is 490 g/mol. The van der Waals surface area contributed by atoms with Gasteiger partial charge in [0.25, 0.3) is 0 Å². The molecule has 186 valence electrons. The first-order valence-corrected chi connectivity index (χ1v) is 12.6. The maximum atomic E-state index is 13.1. The molecule has 8 atom stereocenters. The average Bonchev–Trinajstić information content (AvgIpc) is 3.42. The SMILES string of the molecule is CC(=O)[C@@]1(OC(=O)CN=C(N)N)CCC2C3C=C(Cl)/C(=C/C=O)C(C)([C@H]4CC4C)C3CCC21C. The van der Waals surface area contributed by atoms with Crippen molar-refractivity contribution in [1.82, 2.24) is 0 Å². The molecule has 4 aliphatic rings. The number of aldehydes is 1. The molecule has 4 aliphatic carbocycles. The number of hydrogen-bond acceptors (Lipinski definition) is 5. The van der Waals surface area contributed by atoms with E-state index in [0.29, 0.717) is 29.2 Å². The monoisotopic (exact) mass is 489 g/mol. The van der Waals surface area contributed by atoms with Gasteiger partial charge < -0.3 is 16.2 Å². The van der Waals surface area contributed by atoms with Crippen molar-refractivity contribution in [2.75, 3.05) is 6.54 Å². The van der Waals surface area contributed by atoms with Crippen LogP contribution < -0.4 is 11.5 Å². The van der Waals surface area contributed by atoms with Crippen LogP contribution >= 0.6 is 11.6 Å². The van der Waals surface area contributed by atoms with Gasteiger partial charge in [0, 0.05) is 15.9 Å². The van der Waals surface area contributed by atoms with Gasteiger partial charge in [-0.15, -0.1) is 0 Å². The molecule has 6 unspecified atom stereocenters. The number of fused-ring (bicyclic) bond motifs is 3. The number of carbonyl (C=O) groups is 3. The van der Waals surface area contributed by atoms with Crippen LogP contribution in [0.4, 0.5) is 0 Å². The molecule has 0 heterocycles. The number of allylic oxidation sites excluding steroid dienone is 4. The van der Waals surface area contributed by atoms with E-state index in [2.05, 4.69) is 31.8 Å². The standard InChI is InChI=1S/C26H36ClN3O4/c1-14-11-20(14)25(4)18-5-8-24(3)17(16(18)12-21(27)19(25)7-10-31)6-9-26(24,15(2)32)34-22(33)13-30-23(28)29/h7,10,12,14,16-18,20H,5-6,8-9,11,13H2,1-4H3,(H4,28,29,30)/b19-7-/t14?,16?,17?,18?,20-,24?,25?,26-/m0/s1. The summed E-state index contributed by atoms with van der Waals surface area (Å²) < 4.78 is 5.96. The molecule has 4 rings (SSSR count). The number of esters is 1. The van der Waals surface area contributed by atoms with E-state index < -0.39 is 17.0 Å². The predicted molar refractivity (Wildman–Crippen MR) is 131 cm³/mol. The molecule has 4 N–H and O–H groups in total. The third-order valence-electron chi connectivity index (χ3n) is 9.76. The molecule has 0 aromatic rings. The molecule has 0 aromatic heterocycles. The van der Waals surface area contributed by atoms with E-state index in [-0.39, 0.29) is 35.5 Å². The number of rotatable bonds is 6. The molecule has 0 aliphatic heterocycles. The van der Waals surface area contributed by atoms with Crippen molar-refractivity contribution in [1.29, 1.82) is 0 Å². The second-order valence-corrected chi connectivity index (χ2v) is 11.6. The van der Waals surface area contributed by atoms with Crippen LogP contribution in [0.25, 0.3) is 0 Å². The first kappa shape index (κ1) is 25.0. The van der Waals surface area contributed by atoms with Crippen LogP contribution in [0.3, 0.4) is 0 Å². The van der Waals surface area contributed by atoms with Crippen LogP contribution in [0, 0.1) is 40.4 Å². The van der Waals surface area contributed by atoms with Gasteiger partial charge in [-0.2, -0.15) is 0 Å². The van der Waals surface area contributed by atoms with Crippen molar-refractivity contribution >= 4 is 35.6 Å². The lowest BCUT2D eigenvalue weighted by Crippen LogP contribution is -2.58. The van der Waals surface area contributed by atoms with Crippen molar-refractivity contribution in [3.8, 4) is 0 Å². The minimum Gasteiger partial charge on any atom is -0.449 e. The van der Waals surface area contributed by atoms with Crippen molar-refractivity contribution in [2.45, 2.75) is 65.4 Å². The first-order valence-electron chi connectivity index (χ1n) is 12.2. The molecule has 0 spiro atoms. The normalized spacial score (nSPS) is 43.9. The Bertz CT molecular complexity index is 1000. The molecule has 34 heavy (non-hydrogen) atoms. The molecule has 3 saturated carbocycles. The second kappa shape index (κ2) is 8.51. The predicted octanol–water partition coefficient (Wildman–Crippen LogP) is 3.50. The number of ether oxygens (including phenoxy) is 1. The Hall–Kier alpha value is -2.15. The maximum absolute atomic E-state index is 13.1. The number of aliphatic imine (C=N–C) groups is 1. The van der Waals surface area contributed by atoms with Gasteiger partial charge in [0.1, 0.15) is 12.8 Å². The Morgan fingerprint density at radius 3 is 2.41 bits per heavy atom. The minimum absolute atomic E-state index is 0.131. The van der Waals surface area contributed by atoms with Crippen molar-refractivity contribution in [3.63, 3.8) is 0 Å². The Balaban J connectivity index is 1.73. The van der Waals surface area contributed by atoms with E-state index in [9.17, 15) is 14.4 Å². The molecular weight excluding hydrogens is 454 g/mol. The molecule has 3 fully saturated rings. The summed E-state index contributed by atoms with van der Waals surface area (Å²) in [5.41, 5.74) is 9.75. The van der Waals surface area contributed by atoms with Gasteiger partial charge in [-0.05, 0) is 80.3 Å². The fraction of sp³-hybridized carbons (Fsp3) is 0.692. The zero-order valence-corrected chi connectivity index (χ0v) is 21.2. The highest BCUT2D eigenvalue weighted by Gasteiger charge is 2.69. The Kier molecular flexibility index (Phi) is 6.24. The number of ketones is 1. The van der Waals surface area contributed by atoms with Crippen molar-refractivity contribution in [2.24, 2.45) is 56.9 Å². The van der Waals surface area contributed by atoms with E-state index in [4.69, 9.17) is 27.8 Å². The van der Waals surface area contributed by atoms with Gasteiger partial charge in [-0.25, -0.2) is 4.99 Å². The number of nitrogens with zero attached hydrogens (tertiary/aromatic N) is 1. The summed E-state index contributed by atoms with van der Waals surface area (Å²) in [7, 11) is 0. The number of nitrogens with two attached hydrogens (primary N) is 2. The lowest BCUT2D eigenvalue weighted by molar-refractivity contribution is -0.185. The summed E-state index contributed by atoms with van der Waals surface area (Å²) in [6.45, 7) is 7.82. The number of Topliss-reactive ketones (excluding diaryl/α,β-unsaturated/α-hetero) is 1. The molecule has 0 bridgehead atoms. The lowest BCUT2D eigenvalue weighted by atomic mass is 9.48. The van der Waals surface area contributed by atoms with Gasteiger partial charge in [0.2, 0.25) is 0 Å². The summed E-state index contributed by atoms with van der Waals surface area (Å²) in [5.74, 6) is 0.727. The van der Waals surface area contributed by atoms with Gasteiger partial charge in [-0.3, -0.25) is 14.4 Å². The lowest BCUT2D eigenvalue weighted by Gasteiger charge is -2.57. The van der Waals surface area contributed by atoms with E-state index in [1.165, 1.54) is 6.92 Å².